The van der Waals surface area contributed by atoms with E-state index in [2.05, 4.69) is 10.4 Å². The first-order valence-corrected chi connectivity index (χ1v) is 9.22. The number of carbonyl (C=O) groups is 1. The van der Waals surface area contributed by atoms with Gasteiger partial charge in [-0.15, -0.1) is 0 Å². The van der Waals surface area contributed by atoms with E-state index in [0.29, 0.717) is 6.42 Å². The fraction of sp³-hybridized carbons (Fsp3) is 0.286. The van der Waals surface area contributed by atoms with Crippen LogP contribution < -0.4 is 11.0 Å². The Morgan fingerprint density at radius 2 is 1.90 bits per heavy atom. The molecule has 1 aromatic heterocycles. The van der Waals surface area contributed by atoms with Crippen molar-refractivity contribution in [1.29, 1.82) is 0 Å². The van der Waals surface area contributed by atoms with Crippen molar-refractivity contribution in [3.63, 3.8) is 0 Å². The number of amides is 1. The first-order valence-electron chi connectivity index (χ1n) is 9.22. The van der Waals surface area contributed by atoms with Gasteiger partial charge in [0, 0.05) is 12.5 Å². The van der Waals surface area contributed by atoms with Gasteiger partial charge in [-0.1, -0.05) is 32.0 Å². The minimum atomic E-state index is -4.52. The topological polar surface area (TPSA) is 64.0 Å². The van der Waals surface area contributed by atoms with Crippen LogP contribution in [0.3, 0.4) is 0 Å². The minimum absolute atomic E-state index is 0.0783. The van der Waals surface area contributed by atoms with Gasteiger partial charge in [-0.25, -0.2) is 14.1 Å². The Bertz CT molecular complexity index is 1150. The van der Waals surface area contributed by atoms with Crippen molar-refractivity contribution >= 4 is 16.8 Å². The van der Waals surface area contributed by atoms with E-state index in [4.69, 9.17) is 0 Å². The number of carbonyl (C=O) groups excluding carboxylic acids is 1. The van der Waals surface area contributed by atoms with Crippen LogP contribution in [0.4, 0.5) is 17.6 Å². The lowest BCUT2D eigenvalue weighted by Crippen LogP contribution is -2.37. The molecule has 0 spiro atoms. The number of aromatic nitrogens is 2. The predicted octanol–water partition coefficient (Wildman–Crippen LogP) is 4.07. The van der Waals surface area contributed by atoms with Gasteiger partial charge in [-0.05, 0) is 29.7 Å². The van der Waals surface area contributed by atoms with Gasteiger partial charge in [-0.2, -0.15) is 13.2 Å². The van der Waals surface area contributed by atoms with E-state index < -0.39 is 29.0 Å². The Morgan fingerprint density at radius 1 is 1.17 bits per heavy atom. The quantitative estimate of drug-likeness (QED) is 0.632. The molecule has 0 radical (unpaired) electrons. The summed E-state index contributed by atoms with van der Waals surface area (Å²) in [6.45, 7) is 3.77. The molecule has 5 nitrogen and oxygen atoms in total. The lowest BCUT2D eigenvalue weighted by atomic mass is 10.1. The van der Waals surface area contributed by atoms with Crippen LogP contribution in [0.1, 0.15) is 30.8 Å². The number of halogens is 4. The normalized spacial score (nSPS) is 11.8. The van der Waals surface area contributed by atoms with E-state index in [0.717, 1.165) is 28.9 Å². The van der Waals surface area contributed by atoms with Crippen molar-refractivity contribution in [3.05, 3.63) is 75.6 Å². The maximum atomic E-state index is 13.5. The molecule has 1 N–H and O–H groups in total. The molecule has 3 rings (SSSR count). The second-order valence-electron chi connectivity index (χ2n) is 7.34. The van der Waals surface area contributed by atoms with E-state index in [1.807, 2.05) is 13.8 Å². The average molecular weight is 421 g/mol. The van der Waals surface area contributed by atoms with Crippen molar-refractivity contribution in [2.45, 2.75) is 32.9 Å². The Labute approximate surface area is 169 Å². The van der Waals surface area contributed by atoms with Crippen LogP contribution in [0, 0.1) is 11.7 Å². The second-order valence-corrected chi connectivity index (χ2v) is 7.34. The number of hydrogen-bond donors (Lipinski definition) is 1. The molecule has 1 heterocycles. The molecule has 0 fully saturated rings. The molecule has 3 aromatic rings. The van der Waals surface area contributed by atoms with E-state index in [9.17, 15) is 27.2 Å². The average Bonchev–Trinajstić information content (AvgIpc) is 2.63. The van der Waals surface area contributed by atoms with E-state index >= 15 is 0 Å². The molecule has 0 bridgehead atoms. The lowest BCUT2D eigenvalue weighted by Gasteiger charge is -2.16. The zero-order valence-corrected chi connectivity index (χ0v) is 16.3. The molecule has 0 saturated heterocycles. The molecule has 0 unspecified atom stereocenters. The zero-order chi connectivity index (χ0) is 22.1. The van der Waals surface area contributed by atoms with Crippen LogP contribution in [0.25, 0.3) is 10.9 Å². The molecule has 0 aliphatic heterocycles. The number of rotatable bonds is 5. The Hall–Kier alpha value is -3.23. The fourth-order valence-electron chi connectivity index (χ4n) is 3.03. The van der Waals surface area contributed by atoms with E-state index in [1.165, 1.54) is 18.2 Å². The van der Waals surface area contributed by atoms with E-state index in [-0.39, 0.29) is 34.6 Å². The van der Waals surface area contributed by atoms with Crippen LogP contribution in [0.15, 0.2) is 47.3 Å². The Balaban J connectivity index is 1.94. The zero-order valence-electron chi connectivity index (χ0n) is 16.3. The highest BCUT2D eigenvalue weighted by Crippen LogP contribution is 2.29. The molecule has 0 atom stereocenters. The lowest BCUT2D eigenvalue weighted by molar-refractivity contribution is -0.137. The number of fused-ring (bicyclic) bond motifs is 1. The monoisotopic (exact) mass is 421 g/mol. The summed E-state index contributed by atoms with van der Waals surface area (Å²) in [7, 11) is 0. The van der Waals surface area contributed by atoms with Gasteiger partial charge in [-0.3, -0.25) is 15.0 Å². The van der Waals surface area contributed by atoms with Crippen molar-refractivity contribution < 1.29 is 22.4 Å². The summed E-state index contributed by atoms with van der Waals surface area (Å²) < 4.78 is 53.1. The molecule has 9 heteroatoms. The summed E-state index contributed by atoms with van der Waals surface area (Å²) in [5.74, 6) is -0.916. The van der Waals surface area contributed by atoms with Crippen LogP contribution in [0.2, 0.25) is 0 Å². The van der Waals surface area contributed by atoms with Crippen molar-refractivity contribution in [1.82, 2.24) is 9.66 Å². The molecular weight excluding hydrogens is 402 g/mol. The van der Waals surface area contributed by atoms with Crippen LogP contribution in [0.5, 0.6) is 0 Å². The third-order valence-electron chi connectivity index (χ3n) is 4.35. The predicted molar refractivity (Wildman–Crippen MR) is 104 cm³/mol. The molecule has 0 aliphatic rings. The Morgan fingerprint density at radius 3 is 2.57 bits per heavy atom. The number of alkyl halides is 3. The summed E-state index contributed by atoms with van der Waals surface area (Å²) in [4.78, 5) is 29.6. The summed E-state index contributed by atoms with van der Waals surface area (Å²) in [5, 5.41) is 0.114. The summed E-state index contributed by atoms with van der Waals surface area (Å²) in [6.07, 6.45) is -4.56. The number of nitrogens with zero attached hydrogens (tertiary/aromatic N) is 2. The largest absolute Gasteiger partial charge is 0.416 e. The highest BCUT2D eigenvalue weighted by atomic mass is 19.4. The minimum Gasteiger partial charge on any atom is -0.273 e. The van der Waals surface area contributed by atoms with Gasteiger partial charge < -0.3 is 0 Å². The van der Waals surface area contributed by atoms with Gasteiger partial charge in [0.25, 0.3) is 5.56 Å². The molecule has 0 saturated carbocycles. The number of benzene rings is 2. The van der Waals surface area contributed by atoms with E-state index in [1.54, 1.807) is 0 Å². The maximum absolute atomic E-state index is 13.5. The van der Waals surface area contributed by atoms with Crippen LogP contribution in [-0.2, 0) is 23.8 Å². The van der Waals surface area contributed by atoms with Crippen LogP contribution >= 0.6 is 0 Å². The SMILES string of the molecule is CC(C)Cc1nc2cc(F)ccc2c(=O)n1NC(=O)Cc1cccc(C(F)(F)F)c1. The molecular formula is C21H19F4N3O2. The van der Waals surface area contributed by atoms with Gasteiger partial charge in [0.1, 0.15) is 11.6 Å². The van der Waals surface area contributed by atoms with Crippen molar-refractivity contribution in [2.24, 2.45) is 5.92 Å². The van der Waals surface area contributed by atoms with Gasteiger partial charge >= 0.3 is 6.18 Å². The number of nitrogens with one attached hydrogen (secondary N) is 1. The third kappa shape index (κ3) is 4.84. The smallest absolute Gasteiger partial charge is 0.273 e. The molecule has 158 valence electrons. The molecule has 0 aliphatic carbocycles. The third-order valence-corrected chi connectivity index (χ3v) is 4.35. The highest BCUT2D eigenvalue weighted by Gasteiger charge is 2.30. The molecule has 30 heavy (non-hydrogen) atoms. The summed E-state index contributed by atoms with van der Waals surface area (Å²) >= 11 is 0. The fourth-order valence-corrected chi connectivity index (χ4v) is 3.03. The second kappa shape index (κ2) is 8.25. The first-order chi connectivity index (χ1) is 14.0. The highest BCUT2D eigenvalue weighted by molar-refractivity contribution is 5.86. The summed E-state index contributed by atoms with van der Waals surface area (Å²) in [6, 6.07) is 7.94. The van der Waals surface area contributed by atoms with Crippen molar-refractivity contribution in [2.75, 3.05) is 5.43 Å². The van der Waals surface area contributed by atoms with Crippen LogP contribution in [-0.4, -0.2) is 15.6 Å². The summed E-state index contributed by atoms with van der Waals surface area (Å²) in [5.41, 5.74) is 1.29. The van der Waals surface area contributed by atoms with Gasteiger partial charge in [0.15, 0.2) is 0 Å². The maximum Gasteiger partial charge on any atom is 0.416 e. The molecule has 1 amide bonds. The van der Waals surface area contributed by atoms with Gasteiger partial charge in [0.05, 0.1) is 22.9 Å². The Kier molecular flexibility index (Phi) is 5.91. The van der Waals surface area contributed by atoms with Crippen molar-refractivity contribution in [3.8, 4) is 0 Å². The first kappa shape index (κ1) is 21.5. The van der Waals surface area contributed by atoms with Gasteiger partial charge in [0.2, 0.25) is 5.91 Å². The molecule has 2 aromatic carbocycles. The number of hydrogen-bond acceptors (Lipinski definition) is 3. The standard InChI is InChI=1S/C21H19F4N3O2/c1-12(2)8-18-26-17-11-15(22)6-7-16(17)20(30)28(18)27-19(29)10-13-4-3-5-14(9-13)21(23,24)25/h3-7,9,11-12H,8,10H2,1-2H3,(H,27,29).